The van der Waals surface area contributed by atoms with E-state index in [1.165, 1.54) is 7.11 Å². The molecule has 1 aromatic carbocycles. The minimum absolute atomic E-state index is 0.0409. The largest absolute Gasteiger partial charge is 0.493 e. The molecule has 1 aromatic heterocycles. The molecule has 23 heavy (non-hydrogen) atoms. The average molecular weight is 333 g/mol. The van der Waals surface area contributed by atoms with Crippen molar-refractivity contribution >= 4 is 17.3 Å². The Morgan fingerprint density at radius 2 is 2.17 bits per heavy atom. The van der Waals surface area contributed by atoms with Crippen LogP contribution in [0, 0.1) is 12.3 Å². The van der Waals surface area contributed by atoms with Crippen LogP contribution in [0.4, 0.5) is 0 Å². The summed E-state index contributed by atoms with van der Waals surface area (Å²) in [6.07, 6.45) is 1.82. The monoisotopic (exact) mass is 333 g/mol. The molecular formula is C17H19NO4S. The molecule has 0 unspecified atom stereocenters. The Kier molecular flexibility index (Phi) is 4.37. The molecule has 0 amide bonds. The molecule has 0 atom stereocenters. The van der Waals surface area contributed by atoms with E-state index in [9.17, 15) is 4.79 Å². The van der Waals surface area contributed by atoms with Gasteiger partial charge in [0.15, 0.2) is 0 Å². The van der Waals surface area contributed by atoms with Crippen molar-refractivity contribution in [3.8, 4) is 16.3 Å². The highest BCUT2D eigenvalue weighted by Crippen LogP contribution is 2.32. The molecule has 1 aliphatic heterocycles. The fourth-order valence-electron chi connectivity index (χ4n) is 2.32. The van der Waals surface area contributed by atoms with Crippen LogP contribution in [-0.2, 0) is 9.47 Å². The van der Waals surface area contributed by atoms with Gasteiger partial charge in [0.05, 0.1) is 32.5 Å². The maximum Gasteiger partial charge on any atom is 0.338 e. The van der Waals surface area contributed by atoms with Crippen molar-refractivity contribution < 1.29 is 19.0 Å². The number of methoxy groups -OCH3 is 1. The standard InChI is InChI=1S/C17H19NO4S/c1-11-7-18-15(23-11)12-4-13(16(19)20-3)6-14(5-12)22-10-17(2)8-21-9-17/h4-7H,8-10H2,1-3H3. The fraction of sp³-hybridized carbons (Fsp3) is 0.412. The van der Waals surface area contributed by atoms with Gasteiger partial charge in [0.1, 0.15) is 10.8 Å². The Morgan fingerprint density at radius 1 is 1.39 bits per heavy atom. The van der Waals surface area contributed by atoms with Gasteiger partial charge in [-0.05, 0) is 25.1 Å². The highest BCUT2D eigenvalue weighted by molar-refractivity contribution is 7.14. The fourth-order valence-corrected chi connectivity index (χ4v) is 3.07. The number of carbonyl (C=O) groups excluding carboxylic acids is 1. The molecule has 0 N–H and O–H groups in total. The maximum atomic E-state index is 11.9. The van der Waals surface area contributed by atoms with Crippen molar-refractivity contribution in [3.63, 3.8) is 0 Å². The molecule has 2 heterocycles. The molecule has 1 aliphatic rings. The summed E-state index contributed by atoms with van der Waals surface area (Å²) in [7, 11) is 1.37. The van der Waals surface area contributed by atoms with E-state index in [-0.39, 0.29) is 11.4 Å². The molecule has 3 rings (SSSR count). The summed E-state index contributed by atoms with van der Waals surface area (Å²) in [5, 5.41) is 0.858. The van der Waals surface area contributed by atoms with E-state index in [4.69, 9.17) is 14.2 Å². The minimum Gasteiger partial charge on any atom is -0.493 e. The molecule has 0 aliphatic carbocycles. The molecule has 0 radical (unpaired) electrons. The first-order valence-electron chi connectivity index (χ1n) is 7.36. The second-order valence-corrected chi connectivity index (χ2v) is 7.34. The number of thiazole rings is 1. The number of esters is 1. The third-order valence-corrected chi connectivity index (χ3v) is 4.65. The summed E-state index contributed by atoms with van der Waals surface area (Å²) in [4.78, 5) is 17.4. The summed E-state index contributed by atoms with van der Waals surface area (Å²) in [6, 6.07) is 5.40. The molecule has 0 bridgehead atoms. The summed E-state index contributed by atoms with van der Waals surface area (Å²) in [5.74, 6) is 0.257. The Labute approximate surface area is 139 Å². The normalized spacial score (nSPS) is 15.8. The number of rotatable bonds is 5. The summed E-state index contributed by atoms with van der Waals surface area (Å²) < 4.78 is 16.0. The topological polar surface area (TPSA) is 57.7 Å². The van der Waals surface area contributed by atoms with Gasteiger partial charge in [-0.3, -0.25) is 0 Å². The van der Waals surface area contributed by atoms with Crippen LogP contribution >= 0.6 is 11.3 Å². The molecule has 0 spiro atoms. The van der Waals surface area contributed by atoms with Gasteiger partial charge in [0, 0.05) is 22.1 Å². The average Bonchev–Trinajstić information content (AvgIpc) is 2.96. The number of aryl methyl sites for hydroxylation is 1. The molecule has 0 saturated carbocycles. The van der Waals surface area contributed by atoms with Crippen molar-refractivity contribution in [2.45, 2.75) is 13.8 Å². The molecule has 1 saturated heterocycles. The van der Waals surface area contributed by atoms with Gasteiger partial charge in [-0.15, -0.1) is 11.3 Å². The van der Waals surface area contributed by atoms with Gasteiger partial charge >= 0.3 is 5.97 Å². The van der Waals surface area contributed by atoms with Crippen LogP contribution in [0.25, 0.3) is 10.6 Å². The van der Waals surface area contributed by atoms with Crippen LogP contribution in [0.3, 0.4) is 0 Å². The van der Waals surface area contributed by atoms with Gasteiger partial charge in [0.25, 0.3) is 0 Å². The van der Waals surface area contributed by atoms with Crippen molar-refractivity contribution in [3.05, 3.63) is 34.8 Å². The Balaban J connectivity index is 1.89. The maximum absolute atomic E-state index is 11.9. The lowest BCUT2D eigenvalue weighted by molar-refractivity contribution is -0.120. The van der Waals surface area contributed by atoms with Gasteiger partial charge in [-0.1, -0.05) is 6.92 Å². The van der Waals surface area contributed by atoms with E-state index >= 15 is 0 Å². The van der Waals surface area contributed by atoms with E-state index < -0.39 is 0 Å². The zero-order valence-corrected chi connectivity index (χ0v) is 14.2. The molecule has 122 valence electrons. The first-order valence-corrected chi connectivity index (χ1v) is 8.17. The SMILES string of the molecule is COC(=O)c1cc(OCC2(C)COC2)cc(-c2ncc(C)s2)c1. The van der Waals surface area contributed by atoms with E-state index in [2.05, 4.69) is 11.9 Å². The van der Waals surface area contributed by atoms with E-state index in [0.717, 1.165) is 15.4 Å². The van der Waals surface area contributed by atoms with Crippen LogP contribution in [0.15, 0.2) is 24.4 Å². The van der Waals surface area contributed by atoms with E-state index in [0.29, 0.717) is 31.1 Å². The molecule has 6 heteroatoms. The summed E-state index contributed by atoms with van der Waals surface area (Å²) >= 11 is 1.58. The third-order valence-electron chi connectivity index (χ3n) is 3.68. The Hall–Kier alpha value is -1.92. The second kappa shape index (κ2) is 6.29. The quantitative estimate of drug-likeness (QED) is 0.786. The Bertz CT molecular complexity index is 721. The zero-order chi connectivity index (χ0) is 16.4. The van der Waals surface area contributed by atoms with Gasteiger partial charge in [0.2, 0.25) is 0 Å². The van der Waals surface area contributed by atoms with Crippen LogP contribution < -0.4 is 4.74 Å². The summed E-state index contributed by atoms with van der Waals surface area (Å²) in [5.41, 5.74) is 1.36. The number of ether oxygens (including phenoxy) is 3. The predicted octanol–water partition coefficient (Wildman–Crippen LogP) is 3.32. The lowest BCUT2D eigenvalue weighted by Gasteiger charge is -2.37. The van der Waals surface area contributed by atoms with Gasteiger partial charge in [-0.25, -0.2) is 9.78 Å². The van der Waals surface area contributed by atoms with Crippen LogP contribution in [0.1, 0.15) is 22.2 Å². The number of aromatic nitrogens is 1. The van der Waals surface area contributed by atoms with Crippen molar-refractivity contribution in [2.75, 3.05) is 26.9 Å². The highest BCUT2D eigenvalue weighted by atomic mass is 32.1. The second-order valence-electron chi connectivity index (χ2n) is 6.11. The lowest BCUT2D eigenvalue weighted by atomic mass is 9.90. The minimum atomic E-state index is -0.386. The molecule has 5 nitrogen and oxygen atoms in total. The molecular weight excluding hydrogens is 314 g/mol. The zero-order valence-electron chi connectivity index (χ0n) is 13.4. The van der Waals surface area contributed by atoms with Crippen molar-refractivity contribution in [2.24, 2.45) is 5.41 Å². The van der Waals surface area contributed by atoms with Crippen molar-refractivity contribution in [1.82, 2.24) is 4.98 Å². The first kappa shape index (κ1) is 16.0. The number of carbonyl (C=O) groups is 1. The predicted molar refractivity (Wildman–Crippen MR) is 88.0 cm³/mol. The third kappa shape index (κ3) is 3.54. The Morgan fingerprint density at radius 3 is 2.74 bits per heavy atom. The number of hydrogen-bond acceptors (Lipinski definition) is 6. The van der Waals surface area contributed by atoms with Crippen molar-refractivity contribution in [1.29, 1.82) is 0 Å². The number of nitrogens with zero attached hydrogens (tertiary/aromatic N) is 1. The van der Waals surface area contributed by atoms with Gasteiger partial charge < -0.3 is 14.2 Å². The lowest BCUT2D eigenvalue weighted by Crippen LogP contribution is -2.44. The number of hydrogen-bond donors (Lipinski definition) is 0. The highest BCUT2D eigenvalue weighted by Gasteiger charge is 2.34. The summed E-state index contributed by atoms with van der Waals surface area (Å²) in [6.45, 7) is 6.06. The van der Waals surface area contributed by atoms with Gasteiger partial charge in [-0.2, -0.15) is 0 Å². The molecule has 2 aromatic rings. The van der Waals surface area contributed by atoms with Crippen LogP contribution in [0.5, 0.6) is 5.75 Å². The smallest absolute Gasteiger partial charge is 0.338 e. The first-order chi connectivity index (χ1) is 11.0. The van der Waals surface area contributed by atoms with E-state index in [1.807, 2.05) is 19.2 Å². The van der Waals surface area contributed by atoms with Crippen LogP contribution in [-0.4, -0.2) is 37.9 Å². The molecule has 1 fully saturated rings. The van der Waals surface area contributed by atoms with Crippen LogP contribution in [0.2, 0.25) is 0 Å². The number of benzene rings is 1. The van der Waals surface area contributed by atoms with E-state index in [1.54, 1.807) is 23.5 Å².